The molecule has 0 aliphatic carbocycles. The lowest BCUT2D eigenvalue weighted by Crippen LogP contribution is -2.31. The summed E-state index contributed by atoms with van der Waals surface area (Å²) in [6.45, 7) is 4.24. The molecule has 0 amide bonds. The van der Waals surface area contributed by atoms with Gasteiger partial charge in [0.15, 0.2) is 6.20 Å². The maximum atomic E-state index is 6.27. The first-order valence-corrected chi connectivity index (χ1v) is 7.75. The van der Waals surface area contributed by atoms with Crippen LogP contribution in [0.3, 0.4) is 0 Å². The van der Waals surface area contributed by atoms with Crippen molar-refractivity contribution in [1.82, 2.24) is 0 Å². The molecule has 2 aromatic carbocycles. The Hall–Kier alpha value is -2.81. The summed E-state index contributed by atoms with van der Waals surface area (Å²) >= 11 is 0. The molecule has 112 valence electrons. The van der Waals surface area contributed by atoms with Crippen LogP contribution in [0, 0.1) is 13.8 Å². The smallest absolute Gasteiger partial charge is 0.228 e. The Morgan fingerprint density at radius 1 is 1.00 bits per heavy atom. The molecule has 0 saturated carbocycles. The van der Waals surface area contributed by atoms with Gasteiger partial charge in [0.1, 0.15) is 24.1 Å². The molecule has 0 fully saturated rings. The average molecular weight is 302 g/mol. The number of ether oxygens (including phenoxy) is 1. The fraction of sp³-hybridized carbons (Fsp3) is 0.150. The molecule has 3 heteroatoms. The molecule has 0 N–H and O–H groups in total. The van der Waals surface area contributed by atoms with E-state index in [1.165, 1.54) is 27.6 Å². The highest BCUT2D eigenvalue weighted by Crippen LogP contribution is 2.48. The summed E-state index contributed by atoms with van der Waals surface area (Å²) in [5.41, 5.74) is 5.63. The third-order valence-corrected chi connectivity index (χ3v) is 4.78. The number of nitrogens with zero attached hydrogens (tertiary/aromatic N) is 1. The minimum absolute atomic E-state index is 0.867. The Balaban J connectivity index is 2.02. The largest absolute Gasteiger partial charge is 0.464 e. The number of furan rings is 1. The summed E-state index contributed by atoms with van der Waals surface area (Å²) in [5, 5.41) is 3.53. The van der Waals surface area contributed by atoms with Crippen molar-refractivity contribution in [3.8, 4) is 22.8 Å². The van der Waals surface area contributed by atoms with Gasteiger partial charge in [-0.25, -0.2) is 4.57 Å². The number of rotatable bonds is 0. The van der Waals surface area contributed by atoms with E-state index in [0.717, 1.165) is 28.0 Å². The molecule has 3 heterocycles. The van der Waals surface area contributed by atoms with Gasteiger partial charge in [-0.1, -0.05) is 6.07 Å². The Morgan fingerprint density at radius 3 is 2.74 bits per heavy atom. The van der Waals surface area contributed by atoms with E-state index < -0.39 is 0 Å². The predicted octanol–water partition coefficient (Wildman–Crippen LogP) is 4.80. The van der Waals surface area contributed by atoms with Gasteiger partial charge < -0.3 is 9.15 Å². The van der Waals surface area contributed by atoms with E-state index >= 15 is 0 Å². The molecule has 0 spiro atoms. The van der Waals surface area contributed by atoms with Crippen molar-refractivity contribution in [3.63, 3.8) is 0 Å². The van der Waals surface area contributed by atoms with Gasteiger partial charge in [0.2, 0.25) is 5.69 Å². The van der Waals surface area contributed by atoms with Crippen LogP contribution in [0.1, 0.15) is 11.1 Å². The Morgan fingerprint density at radius 2 is 1.87 bits per heavy atom. The minimum Gasteiger partial charge on any atom is -0.464 e. The molecule has 2 aromatic heterocycles. The highest BCUT2D eigenvalue weighted by Gasteiger charge is 2.30. The van der Waals surface area contributed by atoms with Crippen molar-refractivity contribution in [2.45, 2.75) is 13.8 Å². The predicted molar refractivity (Wildman–Crippen MR) is 89.9 cm³/mol. The second-order valence-electron chi connectivity index (χ2n) is 6.31. The van der Waals surface area contributed by atoms with Crippen LogP contribution < -0.4 is 9.30 Å². The van der Waals surface area contributed by atoms with Gasteiger partial charge in [0, 0.05) is 17.5 Å². The molecule has 0 radical (unpaired) electrons. The monoisotopic (exact) mass is 302 g/mol. The van der Waals surface area contributed by atoms with E-state index in [1.54, 1.807) is 6.26 Å². The van der Waals surface area contributed by atoms with Crippen molar-refractivity contribution in [2.75, 3.05) is 0 Å². The maximum Gasteiger partial charge on any atom is 0.228 e. The lowest BCUT2D eigenvalue weighted by Gasteiger charge is -2.21. The molecular formula is C20H16NO2+. The lowest BCUT2D eigenvalue weighted by molar-refractivity contribution is -0.659. The molecule has 1 aliphatic heterocycles. The molecule has 1 aliphatic rings. The zero-order valence-corrected chi connectivity index (χ0v) is 13.3. The molecule has 23 heavy (non-hydrogen) atoms. The van der Waals surface area contributed by atoms with Crippen LogP contribution in [0.15, 0.2) is 47.2 Å². The van der Waals surface area contributed by atoms with Gasteiger partial charge in [-0.2, -0.15) is 0 Å². The van der Waals surface area contributed by atoms with Gasteiger partial charge in [-0.3, -0.25) is 0 Å². The second kappa shape index (κ2) is 4.13. The number of hydrogen-bond donors (Lipinski definition) is 0. The molecule has 3 nitrogen and oxygen atoms in total. The number of benzene rings is 2. The number of pyridine rings is 1. The molecule has 0 unspecified atom stereocenters. The number of fused-ring (bicyclic) bond motifs is 3. The summed E-state index contributed by atoms with van der Waals surface area (Å²) in [7, 11) is 2.09. The highest BCUT2D eigenvalue weighted by molar-refractivity contribution is 6.04. The van der Waals surface area contributed by atoms with E-state index in [1.807, 2.05) is 12.1 Å². The molecule has 0 atom stereocenters. The van der Waals surface area contributed by atoms with E-state index in [4.69, 9.17) is 9.15 Å². The topological polar surface area (TPSA) is 26.2 Å². The van der Waals surface area contributed by atoms with Crippen LogP contribution >= 0.6 is 0 Å². The van der Waals surface area contributed by atoms with Gasteiger partial charge in [-0.15, -0.1) is 0 Å². The first-order valence-electron chi connectivity index (χ1n) is 7.75. The van der Waals surface area contributed by atoms with Crippen molar-refractivity contribution in [3.05, 3.63) is 53.9 Å². The summed E-state index contributed by atoms with van der Waals surface area (Å²) in [6, 6.07) is 10.5. The molecule has 0 bridgehead atoms. The van der Waals surface area contributed by atoms with Crippen molar-refractivity contribution >= 4 is 21.7 Å². The van der Waals surface area contributed by atoms with E-state index in [0.29, 0.717) is 0 Å². The molecule has 4 aromatic rings. The van der Waals surface area contributed by atoms with Crippen LogP contribution in [-0.2, 0) is 7.05 Å². The Kier molecular flexibility index (Phi) is 2.28. The zero-order valence-electron chi connectivity index (χ0n) is 13.3. The van der Waals surface area contributed by atoms with Gasteiger partial charge in [0.05, 0.1) is 17.2 Å². The van der Waals surface area contributed by atoms with Crippen molar-refractivity contribution < 1.29 is 13.7 Å². The zero-order chi connectivity index (χ0) is 15.7. The number of hydrogen-bond acceptors (Lipinski definition) is 2. The van der Waals surface area contributed by atoms with E-state index in [2.05, 4.69) is 49.9 Å². The van der Waals surface area contributed by atoms with Crippen LogP contribution in [0.2, 0.25) is 0 Å². The quantitative estimate of drug-likeness (QED) is 0.384. The van der Waals surface area contributed by atoms with E-state index in [-0.39, 0.29) is 0 Å². The summed E-state index contributed by atoms with van der Waals surface area (Å²) in [4.78, 5) is 0. The van der Waals surface area contributed by atoms with Crippen molar-refractivity contribution in [2.24, 2.45) is 7.05 Å². The van der Waals surface area contributed by atoms with Crippen LogP contribution in [0.4, 0.5) is 0 Å². The highest BCUT2D eigenvalue weighted by atomic mass is 16.5. The minimum atomic E-state index is 0.867. The van der Waals surface area contributed by atoms with Gasteiger partial charge in [-0.05, 0) is 42.5 Å². The number of aromatic nitrogens is 1. The van der Waals surface area contributed by atoms with Gasteiger partial charge >= 0.3 is 0 Å². The van der Waals surface area contributed by atoms with Crippen LogP contribution in [0.25, 0.3) is 33.0 Å². The Labute approximate surface area is 133 Å². The van der Waals surface area contributed by atoms with Crippen LogP contribution in [0.5, 0.6) is 11.5 Å². The van der Waals surface area contributed by atoms with E-state index in [9.17, 15) is 0 Å². The maximum absolute atomic E-state index is 6.27. The average Bonchev–Trinajstić information content (AvgIpc) is 2.98. The molecule has 5 rings (SSSR count). The van der Waals surface area contributed by atoms with Crippen molar-refractivity contribution in [1.29, 1.82) is 0 Å². The Bertz CT molecular complexity index is 1120. The summed E-state index contributed by atoms with van der Waals surface area (Å²) in [6.07, 6.45) is 3.86. The fourth-order valence-corrected chi connectivity index (χ4v) is 3.74. The third kappa shape index (κ3) is 1.57. The molecular weight excluding hydrogens is 286 g/mol. The third-order valence-electron chi connectivity index (χ3n) is 4.78. The molecule has 0 saturated heterocycles. The standard InChI is InChI=1S/C20H16NO2/c1-11-8-13-4-6-21(3)20-18-12(2)14-5-7-22-15(14)10-17(18)23-16(9-11)19(13)20/h4-10H,1-3H3/q+1. The fourth-order valence-electron chi connectivity index (χ4n) is 3.74. The SMILES string of the molecule is Cc1cc2c3c([n+](C)ccc3c1)-c1c(cc3occc3c1C)O2. The first-order chi connectivity index (χ1) is 11.1. The van der Waals surface area contributed by atoms with Crippen LogP contribution in [-0.4, -0.2) is 0 Å². The lowest BCUT2D eigenvalue weighted by atomic mass is 9.93. The second-order valence-corrected chi connectivity index (χ2v) is 6.31. The van der Waals surface area contributed by atoms with Gasteiger partial charge in [0.25, 0.3) is 0 Å². The summed E-state index contributed by atoms with van der Waals surface area (Å²) in [5.74, 6) is 1.79. The summed E-state index contributed by atoms with van der Waals surface area (Å²) < 4.78 is 14.0. The normalized spacial score (nSPS) is 12.5. The first kappa shape index (κ1) is 12.7. The number of aryl methyl sites for hydroxylation is 3.